The van der Waals surface area contributed by atoms with Gasteiger partial charge in [-0.3, -0.25) is 9.59 Å². The standard InChI is InChI=1S/C27H41N3O4S/c1-7-29(8-2)24(32)20-12-14-30(17-20)35(33,34)22-15-19(10-9-18(22)3)23(31)28-25-26(4,5)21-11-13-27(25,6)16-21/h9-10,15,20-21,25H,7-8,11-14,16-17H2,1-6H3,(H,28,31)/t20?,21-,25?,27-/m1/s1. The third kappa shape index (κ3) is 4.41. The number of fused-ring (bicyclic) bond motifs is 2. The Morgan fingerprint density at radius 1 is 1.14 bits per heavy atom. The number of carbonyl (C=O) groups excluding carboxylic acids is 2. The summed E-state index contributed by atoms with van der Waals surface area (Å²) in [6.45, 7) is 14.1. The Kier molecular flexibility index (Phi) is 6.86. The van der Waals surface area contributed by atoms with E-state index in [9.17, 15) is 18.0 Å². The first-order valence-electron chi connectivity index (χ1n) is 13.1. The molecule has 1 heterocycles. The lowest BCUT2D eigenvalue weighted by atomic mass is 9.68. The molecule has 1 aromatic rings. The SMILES string of the molecule is CCN(CC)C(=O)C1CCN(S(=O)(=O)c2cc(C(=O)NC3C(C)(C)[C@@H]4CC[C@]3(C)C4)ccc2C)C1. The number of hydrogen-bond donors (Lipinski definition) is 1. The largest absolute Gasteiger partial charge is 0.348 e. The van der Waals surface area contributed by atoms with Gasteiger partial charge in [-0.25, -0.2) is 8.42 Å². The first-order valence-corrected chi connectivity index (χ1v) is 14.5. The van der Waals surface area contributed by atoms with Crippen LogP contribution in [-0.4, -0.2) is 61.7 Å². The molecule has 3 aliphatic rings. The van der Waals surface area contributed by atoms with Gasteiger partial charge in [0.1, 0.15) is 0 Å². The lowest BCUT2D eigenvalue weighted by Gasteiger charge is -2.43. The molecule has 0 spiro atoms. The van der Waals surface area contributed by atoms with Crippen molar-refractivity contribution in [1.29, 1.82) is 0 Å². The van der Waals surface area contributed by atoms with Crippen molar-refractivity contribution in [2.75, 3.05) is 26.2 Å². The summed E-state index contributed by atoms with van der Waals surface area (Å²) in [6.07, 6.45) is 3.96. The van der Waals surface area contributed by atoms with Crippen LogP contribution < -0.4 is 5.32 Å². The topological polar surface area (TPSA) is 86.8 Å². The van der Waals surface area contributed by atoms with Crippen molar-refractivity contribution in [2.45, 2.75) is 78.2 Å². The van der Waals surface area contributed by atoms with E-state index in [0.717, 1.165) is 12.8 Å². The van der Waals surface area contributed by atoms with Crippen LogP contribution in [0.15, 0.2) is 23.1 Å². The van der Waals surface area contributed by atoms with Crippen molar-refractivity contribution in [2.24, 2.45) is 22.7 Å². The molecule has 35 heavy (non-hydrogen) atoms. The third-order valence-corrected chi connectivity index (χ3v) is 11.2. The van der Waals surface area contributed by atoms with Crippen molar-refractivity contribution in [3.63, 3.8) is 0 Å². The summed E-state index contributed by atoms with van der Waals surface area (Å²) < 4.78 is 28.6. The van der Waals surface area contributed by atoms with E-state index in [4.69, 9.17) is 0 Å². The minimum absolute atomic E-state index is 0.0134. The fourth-order valence-corrected chi connectivity index (χ4v) is 8.73. The number of benzene rings is 1. The van der Waals surface area contributed by atoms with E-state index >= 15 is 0 Å². The Bertz CT molecular complexity index is 1110. The van der Waals surface area contributed by atoms with Crippen LogP contribution in [-0.2, 0) is 14.8 Å². The molecule has 1 saturated heterocycles. The maximum Gasteiger partial charge on any atom is 0.251 e. The van der Waals surface area contributed by atoms with E-state index in [-0.39, 0.29) is 46.0 Å². The Morgan fingerprint density at radius 3 is 2.43 bits per heavy atom. The average Bonchev–Trinajstić information content (AvgIpc) is 3.50. The molecular formula is C27H41N3O4S. The van der Waals surface area contributed by atoms with Gasteiger partial charge in [-0.2, -0.15) is 4.31 Å². The molecular weight excluding hydrogens is 462 g/mol. The van der Waals surface area contributed by atoms with Crippen LogP contribution in [0, 0.1) is 29.6 Å². The van der Waals surface area contributed by atoms with E-state index in [2.05, 4.69) is 26.1 Å². The van der Waals surface area contributed by atoms with Gasteiger partial charge >= 0.3 is 0 Å². The van der Waals surface area contributed by atoms with Gasteiger partial charge in [0.2, 0.25) is 15.9 Å². The predicted octanol–water partition coefficient (Wildman–Crippen LogP) is 3.82. The quantitative estimate of drug-likeness (QED) is 0.613. The molecule has 8 heteroatoms. The molecule has 1 aliphatic heterocycles. The van der Waals surface area contributed by atoms with Crippen molar-refractivity contribution in [3.8, 4) is 0 Å². The number of amides is 2. The molecule has 0 aromatic heterocycles. The molecule has 1 N–H and O–H groups in total. The molecule has 2 unspecified atom stereocenters. The number of sulfonamides is 1. The molecule has 0 radical (unpaired) electrons. The van der Waals surface area contributed by atoms with Crippen molar-refractivity contribution in [1.82, 2.24) is 14.5 Å². The van der Waals surface area contributed by atoms with Crippen molar-refractivity contribution in [3.05, 3.63) is 29.3 Å². The van der Waals surface area contributed by atoms with Gasteiger partial charge in [0, 0.05) is 37.8 Å². The number of aryl methyl sites for hydroxylation is 1. The second kappa shape index (κ2) is 9.18. The lowest BCUT2D eigenvalue weighted by Crippen LogP contribution is -2.52. The number of hydrogen-bond acceptors (Lipinski definition) is 4. The summed E-state index contributed by atoms with van der Waals surface area (Å²) in [4.78, 5) is 28.0. The highest BCUT2D eigenvalue weighted by Gasteiger charge is 2.59. The predicted molar refractivity (Wildman–Crippen MR) is 136 cm³/mol. The molecule has 4 atom stereocenters. The molecule has 7 nitrogen and oxygen atoms in total. The highest BCUT2D eigenvalue weighted by atomic mass is 32.2. The highest BCUT2D eigenvalue weighted by Crippen LogP contribution is 2.62. The number of rotatable bonds is 7. The minimum Gasteiger partial charge on any atom is -0.348 e. The molecule has 2 bridgehead atoms. The van der Waals surface area contributed by atoms with E-state index in [1.165, 1.54) is 16.8 Å². The molecule has 2 saturated carbocycles. The molecule has 2 amide bonds. The maximum absolute atomic E-state index is 13.6. The summed E-state index contributed by atoms with van der Waals surface area (Å²) in [5.74, 6) is 0.0787. The number of nitrogens with one attached hydrogen (secondary N) is 1. The third-order valence-electron chi connectivity index (χ3n) is 9.19. The monoisotopic (exact) mass is 503 g/mol. The Morgan fingerprint density at radius 2 is 1.83 bits per heavy atom. The fraction of sp³-hybridized carbons (Fsp3) is 0.704. The van der Waals surface area contributed by atoms with Crippen LogP contribution in [0.25, 0.3) is 0 Å². The minimum atomic E-state index is -3.82. The average molecular weight is 504 g/mol. The smallest absolute Gasteiger partial charge is 0.251 e. The normalized spacial score (nSPS) is 29.9. The van der Waals surface area contributed by atoms with E-state index in [1.807, 2.05) is 13.8 Å². The van der Waals surface area contributed by atoms with Crippen LogP contribution in [0.4, 0.5) is 0 Å². The summed E-state index contributed by atoms with van der Waals surface area (Å²) in [6, 6.07) is 5.00. The molecule has 194 valence electrons. The summed E-state index contributed by atoms with van der Waals surface area (Å²) in [5.41, 5.74) is 1.08. The van der Waals surface area contributed by atoms with Crippen LogP contribution in [0.3, 0.4) is 0 Å². The first kappa shape index (κ1) is 26.1. The zero-order chi connectivity index (χ0) is 25.8. The van der Waals surface area contributed by atoms with Gasteiger partial charge in [0.15, 0.2) is 0 Å². The van der Waals surface area contributed by atoms with Crippen LogP contribution in [0.5, 0.6) is 0 Å². The molecule has 1 aromatic carbocycles. The first-order chi connectivity index (χ1) is 16.3. The van der Waals surface area contributed by atoms with E-state index in [1.54, 1.807) is 24.0 Å². The van der Waals surface area contributed by atoms with Gasteiger partial charge < -0.3 is 10.2 Å². The molecule has 2 aliphatic carbocycles. The number of carbonyl (C=O) groups is 2. The van der Waals surface area contributed by atoms with Crippen LogP contribution in [0.2, 0.25) is 0 Å². The van der Waals surface area contributed by atoms with Gasteiger partial charge in [-0.05, 0) is 80.9 Å². The Hall–Kier alpha value is -1.93. The van der Waals surface area contributed by atoms with Crippen LogP contribution in [0.1, 0.15) is 76.2 Å². The van der Waals surface area contributed by atoms with Crippen molar-refractivity contribution >= 4 is 21.8 Å². The molecule has 3 fully saturated rings. The van der Waals surface area contributed by atoms with Crippen LogP contribution >= 0.6 is 0 Å². The highest BCUT2D eigenvalue weighted by molar-refractivity contribution is 7.89. The van der Waals surface area contributed by atoms with Gasteiger partial charge in [0.25, 0.3) is 5.91 Å². The summed E-state index contributed by atoms with van der Waals surface area (Å²) in [7, 11) is -3.82. The fourth-order valence-electron chi connectivity index (χ4n) is 6.98. The number of nitrogens with zero attached hydrogens (tertiary/aromatic N) is 2. The van der Waals surface area contributed by atoms with E-state index < -0.39 is 10.0 Å². The second-order valence-electron chi connectivity index (χ2n) is 11.7. The second-order valence-corrected chi connectivity index (χ2v) is 13.6. The lowest BCUT2D eigenvalue weighted by molar-refractivity contribution is -0.134. The Labute approximate surface area is 210 Å². The zero-order valence-corrected chi connectivity index (χ0v) is 22.9. The van der Waals surface area contributed by atoms with Gasteiger partial charge in [-0.1, -0.05) is 26.8 Å². The Balaban J connectivity index is 1.53. The van der Waals surface area contributed by atoms with Crippen molar-refractivity contribution < 1.29 is 18.0 Å². The molecule has 4 rings (SSSR count). The van der Waals surface area contributed by atoms with E-state index in [0.29, 0.717) is 43.1 Å². The zero-order valence-electron chi connectivity index (χ0n) is 22.1. The summed E-state index contributed by atoms with van der Waals surface area (Å²) in [5, 5.41) is 3.27. The summed E-state index contributed by atoms with van der Waals surface area (Å²) >= 11 is 0. The van der Waals surface area contributed by atoms with Gasteiger partial charge in [-0.15, -0.1) is 0 Å². The van der Waals surface area contributed by atoms with Gasteiger partial charge in [0.05, 0.1) is 10.8 Å². The maximum atomic E-state index is 13.6.